The lowest BCUT2D eigenvalue weighted by Crippen LogP contribution is -2.38. The summed E-state index contributed by atoms with van der Waals surface area (Å²) in [6.45, 7) is 3.16. The quantitative estimate of drug-likeness (QED) is 0.630. The van der Waals surface area contributed by atoms with Gasteiger partial charge in [0.1, 0.15) is 18.5 Å². The number of nitrogens with zero attached hydrogens (tertiary/aromatic N) is 1. The molecule has 1 unspecified atom stereocenters. The molecule has 1 fully saturated rings. The minimum atomic E-state index is -0.462. The van der Waals surface area contributed by atoms with Crippen molar-refractivity contribution in [2.75, 3.05) is 26.2 Å². The summed E-state index contributed by atoms with van der Waals surface area (Å²) in [5, 5.41) is 10.1. The van der Waals surface area contributed by atoms with Crippen LogP contribution in [0.25, 0.3) is 0 Å². The molecule has 0 spiro atoms. The highest BCUT2D eigenvalue weighted by molar-refractivity contribution is 9.11. The molecule has 1 heterocycles. The average Bonchev–Trinajstić information content (AvgIpc) is 2.38. The average molecular weight is 508 g/mol. The molecular weight excluding hydrogens is 489 g/mol. The van der Waals surface area contributed by atoms with Gasteiger partial charge in [-0.1, -0.05) is 22.4 Å². The Morgan fingerprint density at radius 2 is 1.67 bits per heavy atom. The third-order valence-electron chi connectivity index (χ3n) is 3.30. The van der Waals surface area contributed by atoms with Crippen LogP contribution < -0.4 is 4.74 Å². The van der Waals surface area contributed by atoms with Crippen molar-refractivity contribution >= 4 is 60.2 Å². The van der Waals surface area contributed by atoms with Crippen LogP contribution in [-0.2, 0) is 0 Å². The molecule has 3 nitrogen and oxygen atoms in total. The number of ether oxygens (including phenoxy) is 1. The van der Waals surface area contributed by atoms with Gasteiger partial charge in [0.05, 0.1) is 8.95 Å². The van der Waals surface area contributed by atoms with E-state index in [4.69, 9.17) is 4.74 Å². The third-order valence-corrected chi connectivity index (χ3v) is 4.94. The molecule has 7 heteroatoms. The van der Waals surface area contributed by atoms with E-state index in [1.165, 1.54) is 19.3 Å². The predicted octanol–water partition coefficient (Wildman–Crippen LogP) is 4.62. The number of β-amino-alcohol motifs (C(OH)–C–C–N with tert-alkyl or cyclic N) is 1. The number of rotatable bonds is 5. The van der Waals surface area contributed by atoms with E-state index in [9.17, 15) is 5.11 Å². The van der Waals surface area contributed by atoms with Crippen LogP contribution in [0.15, 0.2) is 25.6 Å². The molecule has 2 rings (SSSR count). The second-order valence-electron chi connectivity index (χ2n) is 5.02. The zero-order chi connectivity index (χ0) is 14.5. The third kappa shape index (κ3) is 6.36. The number of halogens is 4. The molecule has 0 aromatic heterocycles. The summed E-state index contributed by atoms with van der Waals surface area (Å²) in [4.78, 5) is 2.31. The lowest BCUT2D eigenvalue weighted by Gasteiger charge is -2.28. The number of likely N-dealkylation sites (tertiary alicyclic amines) is 1. The fraction of sp³-hybridized carbons (Fsp3) is 0.571. The maximum atomic E-state index is 10.1. The van der Waals surface area contributed by atoms with Gasteiger partial charge in [-0.2, -0.15) is 0 Å². The molecule has 1 aromatic carbocycles. The lowest BCUT2D eigenvalue weighted by atomic mass is 10.1. The number of aliphatic hydroxyl groups is 1. The van der Waals surface area contributed by atoms with Crippen molar-refractivity contribution in [3.05, 3.63) is 25.6 Å². The largest absolute Gasteiger partial charge is 0.488 e. The fourth-order valence-corrected chi connectivity index (χ4v) is 4.83. The summed E-state index contributed by atoms with van der Waals surface area (Å²) in [7, 11) is 0. The van der Waals surface area contributed by atoms with Crippen LogP contribution in [0.4, 0.5) is 0 Å². The zero-order valence-corrected chi connectivity index (χ0v) is 17.1. The van der Waals surface area contributed by atoms with Gasteiger partial charge in [0.15, 0.2) is 0 Å². The van der Waals surface area contributed by atoms with Gasteiger partial charge < -0.3 is 14.7 Å². The van der Waals surface area contributed by atoms with Gasteiger partial charge in [-0.05, 0) is 69.9 Å². The van der Waals surface area contributed by atoms with Crippen molar-refractivity contribution in [3.8, 4) is 5.75 Å². The molecule has 120 valence electrons. The number of hydrogen-bond donors (Lipinski definition) is 1. The standard InChI is InChI=1S/C14H18Br3NO2.ClH/c15-10-6-12(16)14(13(17)7-10)20-9-11(19)8-18-4-2-1-3-5-18;/h6-7,11,19H,1-5,8-9H2;1H. The van der Waals surface area contributed by atoms with Crippen LogP contribution in [-0.4, -0.2) is 42.4 Å². The minimum absolute atomic E-state index is 0. The second-order valence-corrected chi connectivity index (χ2v) is 7.65. The Kier molecular flexibility index (Phi) is 9.13. The highest BCUT2D eigenvalue weighted by Crippen LogP contribution is 2.36. The van der Waals surface area contributed by atoms with Crippen LogP contribution in [0.2, 0.25) is 0 Å². The van der Waals surface area contributed by atoms with E-state index in [1.807, 2.05) is 12.1 Å². The van der Waals surface area contributed by atoms with Crippen LogP contribution in [0.3, 0.4) is 0 Å². The van der Waals surface area contributed by atoms with E-state index in [1.54, 1.807) is 0 Å². The maximum Gasteiger partial charge on any atom is 0.147 e. The molecule has 0 saturated carbocycles. The van der Waals surface area contributed by atoms with Crippen molar-refractivity contribution in [2.24, 2.45) is 0 Å². The van der Waals surface area contributed by atoms with Crippen molar-refractivity contribution in [1.29, 1.82) is 0 Å². The van der Waals surface area contributed by atoms with E-state index in [2.05, 4.69) is 52.7 Å². The molecule has 0 radical (unpaired) electrons. The molecule has 1 N–H and O–H groups in total. The number of benzene rings is 1. The van der Waals surface area contributed by atoms with Gasteiger partial charge in [-0.25, -0.2) is 0 Å². The van der Waals surface area contributed by atoms with Crippen LogP contribution in [0.1, 0.15) is 19.3 Å². The normalized spacial score (nSPS) is 17.1. The highest BCUT2D eigenvalue weighted by Gasteiger charge is 2.16. The zero-order valence-electron chi connectivity index (χ0n) is 11.5. The summed E-state index contributed by atoms with van der Waals surface area (Å²) in [6, 6.07) is 3.86. The maximum absolute atomic E-state index is 10.1. The van der Waals surface area contributed by atoms with E-state index >= 15 is 0 Å². The first-order valence-corrected chi connectivity index (χ1v) is 9.12. The Morgan fingerprint density at radius 1 is 1.10 bits per heavy atom. The molecular formula is C14H19Br3ClNO2. The van der Waals surface area contributed by atoms with Crippen molar-refractivity contribution in [1.82, 2.24) is 4.90 Å². The van der Waals surface area contributed by atoms with Gasteiger partial charge in [0.2, 0.25) is 0 Å². The smallest absolute Gasteiger partial charge is 0.147 e. The van der Waals surface area contributed by atoms with Crippen molar-refractivity contribution in [2.45, 2.75) is 25.4 Å². The SMILES string of the molecule is Cl.OC(COc1c(Br)cc(Br)cc1Br)CN1CCCCC1. The number of piperidine rings is 1. The number of aliphatic hydroxyl groups excluding tert-OH is 1. The van der Waals surface area contributed by atoms with Crippen molar-refractivity contribution in [3.63, 3.8) is 0 Å². The highest BCUT2D eigenvalue weighted by atomic mass is 79.9. The summed E-state index contributed by atoms with van der Waals surface area (Å²) >= 11 is 10.4. The van der Waals surface area contributed by atoms with Crippen LogP contribution in [0, 0.1) is 0 Å². The molecule has 1 atom stereocenters. The first-order chi connectivity index (χ1) is 9.56. The van der Waals surface area contributed by atoms with E-state index in [0.29, 0.717) is 13.2 Å². The monoisotopic (exact) mass is 505 g/mol. The minimum Gasteiger partial charge on any atom is -0.488 e. The molecule has 1 saturated heterocycles. The molecule has 1 aliphatic heterocycles. The summed E-state index contributed by atoms with van der Waals surface area (Å²) in [6.07, 6.45) is 3.31. The van der Waals surface area contributed by atoms with E-state index < -0.39 is 6.10 Å². The van der Waals surface area contributed by atoms with Gasteiger partial charge in [-0.15, -0.1) is 12.4 Å². The Balaban J connectivity index is 0.00000220. The Morgan fingerprint density at radius 3 is 2.24 bits per heavy atom. The van der Waals surface area contributed by atoms with Gasteiger partial charge >= 0.3 is 0 Å². The molecule has 0 aliphatic carbocycles. The van der Waals surface area contributed by atoms with Gasteiger partial charge in [0.25, 0.3) is 0 Å². The molecule has 0 bridgehead atoms. The Bertz CT molecular complexity index is 433. The summed E-state index contributed by atoms with van der Waals surface area (Å²) < 4.78 is 8.43. The number of hydrogen-bond acceptors (Lipinski definition) is 3. The van der Waals surface area contributed by atoms with Crippen LogP contribution >= 0.6 is 60.2 Å². The Labute approximate surface area is 157 Å². The predicted molar refractivity (Wildman–Crippen MR) is 98.6 cm³/mol. The molecule has 21 heavy (non-hydrogen) atoms. The van der Waals surface area contributed by atoms with Crippen molar-refractivity contribution < 1.29 is 9.84 Å². The van der Waals surface area contributed by atoms with Gasteiger partial charge in [-0.3, -0.25) is 0 Å². The summed E-state index contributed by atoms with van der Waals surface area (Å²) in [5.41, 5.74) is 0. The second kappa shape index (κ2) is 9.73. The van der Waals surface area contributed by atoms with E-state index in [-0.39, 0.29) is 12.4 Å². The first kappa shape index (κ1) is 19.7. The van der Waals surface area contributed by atoms with Crippen LogP contribution in [0.5, 0.6) is 5.75 Å². The van der Waals surface area contributed by atoms with Gasteiger partial charge in [0, 0.05) is 11.0 Å². The lowest BCUT2D eigenvalue weighted by molar-refractivity contribution is 0.0612. The van der Waals surface area contributed by atoms with E-state index in [0.717, 1.165) is 32.3 Å². The Hall–Kier alpha value is 0.670. The fourth-order valence-electron chi connectivity index (χ4n) is 2.34. The first-order valence-electron chi connectivity index (χ1n) is 6.74. The molecule has 1 aliphatic rings. The summed E-state index contributed by atoms with van der Waals surface area (Å²) in [5.74, 6) is 0.728. The molecule has 1 aromatic rings. The molecule has 0 amide bonds. The topological polar surface area (TPSA) is 32.7 Å².